The highest BCUT2D eigenvalue weighted by molar-refractivity contribution is 5.92. The number of aliphatic hydroxyl groups is 1. The van der Waals surface area contributed by atoms with Gasteiger partial charge in [-0.05, 0) is 36.2 Å². The van der Waals surface area contributed by atoms with Crippen molar-refractivity contribution in [3.63, 3.8) is 0 Å². The molecule has 3 aromatic carbocycles. The van der Waals surface area contributed by atoms with Gasteiger partial charge < -0.3 is 20.4 Å². The molecule has 5 nitrogen and oxygen atoms in total. The van der Waals surface area contributed by atoms with E-state index in [0.717, 1.165) is 22.5 Å². The highest BCUT2D eigenvalue weighted by Gasteiger charge is 2.47. The van der Waals surface area contributed by atoms with E-state index in [1.54, 1.807) is 18.2 Å². The van der Waals surface area contributed by atoms with Gasteiger partial charge in [-0.2, -0.15) is 0 Å². The van der Waals surface area contributed by atoms with E-state index in [1.165, 1.54) is 0 Å². The van der Waals surface area contributed by atoms with Crippen LogP contribution in [0, 0.1) is 0 Å². The van der Waals surface area contributed by atoms with E-state index in [4.69, 9.17) is 0 Å². The highest BCUT2D eigenvalue weighted by Crippen LogP contribution is 2.44. The topological polar surface area (TPSA) is 72.8 Å². The van der Waals surface area contributed by atoms with Crippen molar-refractivity contribution in [1.29, 1.82) is 0 Å². The van der Waals surface area contributed by atoms with E-state index in [2.05, 4.69) is 5.32 Å². The standard InChI is InChI=1S/C23H22N2O3/c1-2-25-20-15-16(21(26)27)13-14-19(20)24-22(25)23(28,17-9-5-3-6-10-17)18-11-7-4-8-12-18/h3-15,22,24,28H,2H2,1H3,(H,26,27). The molecule has 1 aliphatic rings. The van der Waals surface area contributed by atoms with Crippen LogP contribution >= 0.6 is 0 Å². The molecule has 0 aliphatic carbocycles. The highest BCUT2D eigenvalue weighted by atomic mass is 16.4. The van der Waals surface area contributed by atoms with E-state index in [-0.39, 0.29) is 5.56 Å². The molecule has 0 saturated heterocycles. The van der Waals surface area contributed by atoms with Crippen molar-refractivity contribution in [2.75, 3.05) is 16.8 Å². The van der Waals surface area contributed by atoms with Gasteiger partial charge in [-0.3, -0.25) is 0 Å². The molecule has 0 aromatic heterocycles. The minimum atomic E-state index is -1.33. The summed E-state index contributed by atoms with van der Waals surface area (Å²) in [7, 11) is 0. The molecule has 0 fully saturated rings. The first-order chi connectivity index (χ1) is 13.6. The molecule has 0 spiro atoms. The lowest BCUT2D eigenvalue weighted by molar-refractivity contribution is 0.0598. The molecule has 1 atom stereocenters. The first kappa shape index (κ1) is 18.1. The summed E-state index contributed by atoms with van der Waals surface area (Å²) in [6.07, 6.45) is -0.485. The first-order valence-electron chi connectivity index (χ1n) is 9.29. The van der Waals surface area contributed by atoms with Gasteiger partial charge in [0.15, 0.2) is 5.60 Å². The molecular formula is C23H22N2O3. The Labute approximate surface area is 163 Å². The first-order valence-corrected chi connectivity index (χ1v) is 9.29. The van der Waals surface area contributed by atoms with Gasteiger partial charge >= 0.3 is 5.97 Å². The second-order valence-electron chi connectivity index (χ2n) is 6.87. The molecule has 1 unspecified atom stereocenters. The Morgan fingerprint density at radius 2 is 1.57 bits per heavy atom. The van der Waals surface area contributed by atoms with Gasteiger partial charge in [0.2, 0.25) is 0 Å². The van der Waals surface area contributed by atoms with Crippen LogP contribution in [0.25, 0.3) is 0 Å². The van der Waals surface area contributed by atoms with Crippen LogP contribution in [0.3, 0.4) is 0 Å². The molecule has 142 valence electrons. The summed E-state index contributed by atoms with van der Waals surface area (Å²) in [5.74, 6) is -0.969. The van der Waals surface area contributed by atoms with Gasteiger partial charge in [0.05, 0.1) is 16.9 Å². The number of benzene rings is 3. The van der Waals surface area contributed by atoms with Crippen molar-refractivity contribution in [2.45, 2.75) is 18.7 Å². The number of hydrogen-bond acceptors (Lipinski definition) is 4. The Morgan fingerprint density at radius 3 is 2.07 bits per heavy atom. The molecule has 0 amide bonds. The number of anilines is 2. The van der Waals surface area contributed by atoms with Crippen LogP contribution in [0.1, 0.15) is 28.4 Å². The molecule has 5 heteroatoms. The number of carboxylic acids is 1. The summed E-state index contributed by atoms with van der Waals surface area (Å²) in [5.41, 5.74) is 2.01. The van der Waals surface area contributed by atoms with E-state index in [1.807, 2.05) is 72.5 Å². The van der Waals surface area contributed by atoms with Crippen molar-refractivity contribution in [1.82, 2.24) is 0 Å². The molecule has 0 bridgehead atoms. The lowest BCUT2D eigenvalue weighted by atomic mass is 9.83. The minimum Gasteiger partial charge on any atom is -0.478 e. The summed E-state index contributed by atoms with van der Waals surface area (Å²) in [5, 5.41) is 24.9. The molecule has 0 radical (unpaired) electrons. The number of aromatic carboxylic acids is 1. The van der Waals surface area contributed by atoms with Gasteiger partial charge in [0.25, 0.3) is 0 Å². The van der Waals surface area contributed by atoms with Crippen LogP contribution in [-0.4, -0.2) is 28.9 Å². The van der Waals surface area contributed by atoms with Gasteiger partial charge in [-0.25, -0.2) is 4.79 Å². The quantitative estimate of drug-likeness (QED) is 0.632. The fourth-order valence-electron chi connectivity index (χ4n) is 3.94. The zero-order chi connectivity index (χ0) is 19.7. The smallest absolute Gasteiger partial charge is 0.335 e. The maximum Gasteiger partial charge on any atom is 0.335 e. The average Bonchev–Trinajstić information content (AvgIpc) is 3.12. The van der Waals surface area contributed by atoms with Crippen molar-refractivity contribution in [3.8, 4) is 0 Å². The Balaban J connectivity index is 1.87. The minimum absolute atomic E-state index is 0.225. The lowest BCUT2D eigenvalue weighted by Crippen LogP contribution is -2.53. The van der Waals surface area contributed by atoms with E-state index >= 15 is 0 Å². The van der Waals surface area contributed by atoms with Crippen molar-refractivity contribution < 1.29 is 15.0 Å². The van der Waals surface area contributed by atoms with Gasteiger partial charge in [0.1, 0.15) is 6.17 Å². The number of carboxylic acid groups (broad SMARTS) is 1. The van der Waals surface area contributed by atoms with Crippen LogP contribution in [0.5, 0.6) is 0 Å². The molecule has 1 heterocycles. The average molecular weight is 374 g/mol. The predicted octanol–water partition coefficient (Wildman–Crippen LogP) is 3.90. The number of nitrogens with zero attached hydrogens (tertiary/aromatic N) is 1. The zero-order valence-electron chi connectivity index (χ0n) is 15.5. The maximum absolute atomic E-state index is 12.1. The van der Waals surface area contributed by atoms with Gasteiger partial charge in [-0.15, -0.1) is 0 Å². The Bertz CT molecular complexity index is 950. The molecule has 0 saturated carbocycles. The molecule has 4 rings (SSSR count). The Hall–Kier alpha value is -3.31. The van der Waals surface area contributed by atoms with E-state index in [9.17, 15) is 15.0 Å². The number of hydrogen-bond donors (Lipinski definition) is 3. The van der Waals surface area contributed by atoms with Crippen molar-refractivity contribution >= 4 is 17.3 Å². The summed E-state index contributed by atoms with van der Waals surface area (Å²) in [6.45, 7) is 2.60. The van der Waals surface area contributed by atoms with Crippen LogP contribution in [0.15, 0.2) is 78.9 Å². The van der Waals surface area contributed by atoms with E-state index in [0.29, 0.717) is 6.54 Å². The third kappa shape index (κ3) is 2.80. The SMILES string of the molecule is CCN1c2cc(C(=O)O)ccc2NC1C(O)(c1ccccc1)c1ccccc1. The summed E-state index contributed by atoms with van der Waals surface area (Å²) < 4.78 is 0. The fourth-order valence-corrected chi connectivity index (χ4v) is 3.94. The third-order valence-corrected chi connectivity index (χ3v) is 5.32. The summed E-state index contributed by atoms with van der Waals surface area (Å²) in [6, 6.07) is 24.1. The third-order valence-electron chi connectivity index (χ3n) is 5.32. The number of carbonyl (C=O) groups is 1. The maximum atomic E-state index is 12.1. The number of rotatable bonds is 5. The van der Waals surface area contributed by atoms with Crippen LogP contribution in [-0.2, 0) is 5.60 Å². The van der Waals surface area contributed by atoms with Crippen LogP contribution < -0.4 is 10.2 Å². The molecule has 28 heavy (non-hydrogen) atoms. The number of fused-ring (bicyclic) bond motifs is 1. The van der Waals surface area contributed by atoms with Gasteiger partial charge in [-0.1, -0.05) is 60.7 Å². The monoisotopic (exact) mass is 374 g/mol. The molecule has 3 aromatic rings. The molecule has 1 aliphatic heterocycles. The van der Waals surface area contributed by atoms with Crippen LogP contribution in [0.2, 0.25) is 0 Å². The normalized spacial score (nSPS) is 15.8. The summed E-state index contributed by atoms with van der Waals surface area (Å²) >= 11 is 0. The van der Waals surface area contributed by atoms with Crippen molar-refractivity contribution in [2.24, 2.45) is 0 Å². The number of likely N-dealkylation sites (N-methyl/N-ethyl adjacent to an activating group) is 1. The largest absolute Gasteiger partial charge is 0.478 e. The Kier molecular flexibility index (Phi) is 4.53. The summed E-state index contributed by atoms with van der Waals surface area (Å²) in [4.78, 5) is 13.4. The van der Waals surface area contributed by atoms with Crippen LogP contribution in [0.4, 0.5) is 11.4 Å². The second-order valence-corrected chi connectivity index (χ2v) is 6.87. The number of nitrogens with one attached hydrogen (secondary N) is 1. The Morgan fingerprint density at radius 1 is 1.00 bits per heavy atom. The predicted molar refractivity (Wildman–Crippen MR) is 110 cm³/mol. The lowest BCUT2D eigenvalue weighted by Gasteiger charge is -2.40. The van der Waals surface area contributed by atoms with Crippen molar-refractivity contribution in [3.05, 3.63) is 95.6 Å². The molecular weight excluding hydrogens is 352 g/mol. The second kappa shape index (κ2) is 7.02. The fraction of sp³-hybridized carbons (Fsp3) is 0.174. The van der Waals surface area contributed by atoms with E-state index < -0.39 is 17.7 Å². The molecule has 3 N–H and O–H groups in total. The van der Waals surface area contributed by atoms with Gasteiger partial charge in [0, 0.05) is 6.54 Å². The zero-order valence-corrected chi connectivity index (χ0v) is 15.5.